The molecule has 0 aliphatic heterocycles. The second-order valence-electron chi connectivity index (χ2n) is 5.40. The highest BCUT2D eigenvalue weighted by Crippen LogP contribution is 2.14. The lowest BCUT2D eigenvalue weighted by atomic mass is 10.1. The molecule has 0 atom stereocenters. The van der Waals surface area contributed by atoms with Crippen LogP contribution in [0.3, 0.4) is 0 Å². The monoisotopic (exact) mass is 360 g/mol. The standard InChI is InChI=1S/C18H21ClN4O2/c19-15-3-1-4-16(11-15)23-18(25)22-10-2-9-21-17(24)14-7-5-13(12-20)6-8-14/h1,3-8,11H,2,9-10,12,20H2,(H,21,24)(H2,22,23,25). The van der Waals surface area contributed by atoms with Crippen molar-refractivity contribution >= 4 is 29.2 Å². The van der Waals surface area contributed by atoms with E-state index in [-0.39, 0.29) is 11.9 Å². The maximum Gasteiger partial charge on any atom is 0.319 e. The van der Waals surface area contributed by atoms with E-state index in [1.165, 1.54) is 0 Å². The Kier molecular flexibility index (Phi) is 7.25. The number of hydrogen-bond acceptors (Lipinski definition) is 3. The average Bonchev–Trinajstić information content (AvgIpc) is 2.61. The normalized spacial score (nSPS) is 10.2. The molecule has 0 heterocycles. The molecule has 0 aliphatic carbocycles. The van der Waals surface area contributed by atoms with Gasteiger partial charge in [-0.1, -0.05) is 29.8 Å². The van der Waals surface area contributed by atoms with Crippen molar-refractivity contribution in [2.45, 2.75) is 13.0 Å². The number of anilines is 1. The van der Waals surface area contributed by atoms with Crippen LogP contribution in [0.5, 0.6) is 0 Å². The molecule has 132 valence electrons. The zero-order valence-corrected chi connectivity index (χ0v) is 14.5. The van der Waals surface area contributed by atoms with Crippen LogP contribution in [-0.2, 0) is 6.54 Å². The van der Waals surface area contributed by atoms with Crippen molar-refractivity contribution in [2.24, 2.45) is 5.73 Å². The molecule has 2 aromatic carbocycles. The van der Waals surface area contributed by atoms with Gasteiger partial charge in [-0.15, -0.1) is 0 Å². The molecule has 0 unspecified atom stereocenters. The van der Waals surface area contributed by atoms with E-state index in [4.69, 9.17) is 17.3 Å². The van der Waals surface area contributed by atoms with E-state index in [0.29, 0.717) is 42.3 Å². The van der Waals surface area contributed by atoms with Gasteiger partial charge in [-0.05, 0) is 42.3 Å². The molecule has 0 bridgehead atoms. The van der Waals surface area contributed by atoms with Crippen LogP contribution in [0.4, 0.5) is 10.5 Å². The average molecular weight is 361 g/mol. The third-order valence-electron chi connectivity index (χ3n) is 3.46. The molecule has 0 aromatic heterocycles. The van der Waals surface area contributed by atoms with Crippen LogP contribution in [-0.4, -0.2) is 25.0 Å². The van der Waals surface area contributed by atoms with Crippen LogP contribution in [0.2, 0.25) is 5.02 Å². The van der Waals surface area contributed by atoms with E-state index in [1.807, 2.05) is 12.1 Å². The summed E-state index contributed by atoms with van der Waals surface area (Å²) in [6.07, 6.45) is 0.621. The van der Waals surface area contributed by atoms with E-state index in [9.17, 15) is 9.59 Å². The first-order valence-electron chi connectivity index (χ1n) is 7.96. The highest BCUT2D eigenvalue weighted by molar-refractivity contribution is 6.30. The van der Waals surface area contributed by atoms with E-state index in [2.05, 4.69) is 16.0 Å². The smallest absolute Gasteiger partial charge is 0.319 e. The van der Waals surface area contributed by atoms with Crippen LogP contribution in [0, 0.1) is 0 Å². The minimum absolute atomic E-state index is 0.146. The third kappa shape index (κ3) is 6.45. The van der Waals surface area contributed by atoms with Crippen LogP contribution >= 0.6 is 11.6 Å². The maximum absolute atomic E-state index is 12.0. The van der Waals surface area contributed by atoms with Crippen molar-refractivity contribution in [1.29, 1.82) is 0 Å². The zero-order chi connectivity index (χ0) is 18.1. The fourth-order valence-electron chi connectivity index (χ4n) is 2.13. The molecule has 0 aliphatic rings. The summed E-state index contributed by atoms with van der Waals surface area (Å²) in [5, 5.41) is 8.77. The summed E-state index contributed by atoms with van der Waals surface area (Å²) in [5.41, 5.74) is 7.71. The number of benzene rings is 2. The van der Waals surface area contributed by atoms with Crippen LogP contribution in [0.1, 0.15) is 22.3 Å². The Bertz CT molecular complexity index is 719. The second kappa shape index (κ2) is 9.66. The van der Waals surface area contributed by atoms with Gasteiger partial charge in [0.15, 0.2) is 0 Å². The molecule has 0 saturated heterocycles. The zero-order valence-electron chi connectivity index (χ0n) is 13.7. The number of urea groups is 1. The number of halogens is 1. The third-order valence-corrected chi connectivity index (χ3v) is 3.69. The summed E-state index contributed by atoms with van der Waals surface area (Å²) in [5.74, 6) is -0.146. The molecule has 0 spiro atoms. The van der Waals surface area contributed by atoms with Crippen LogP contribution in [0.15, 0.2) is 48.5 Å². The van der Waals surface area contributed by atoms with Crippen molar-refractivity contribution in [2.75, 3.05) is 18.4 Å². The summed E-state index contributed by atoms with van der Waals surface area (Å²) in [6, 6.07) is 13.7. The lowest BCUT2D eigenvalue weighted by Crippen LogP contribution is -2.32. The highest BCUT2D eigenvalue weighted by atomic mass is 35.5. The molecule has 6 nitrogen and oxygen atoms in total. The molecular weight excluding hydrogens is 340 g/mol. The Hall–Kier alpha value is -2.57. The van der Waals surface area contributed by atoms with Gasteiger partial charge < -0.3 is 21.7 Å². The first-order valence-corrected chi connectivity index (χ1v) is 8.34. The number of hydrogen-bond donors (Lipinski definition) is 4. The van der Waals surface area contributed by atoms with Gasteiger partial charge in [0, 0.05) is 35.9 Å². The summed E-state index contributed by atoms with van der Waals surface area (Å²) >= 11 is 5.85. The van der Waals surface area contributed by atoms with Crippen LogP contribution in [0.25, 0.3) is 0 Å². The van der Waals surface area contributed by atoms with Crippen LogP contribution < -0.4 is 21.7 Å². The Morgan fingerprint density at radius 2 is 1.72 bits per heavy atom. The molecule has 0 radical (unpaired) electrons. The Morgan fingerprint density at radius 1 is 1.00 bits per heavy atom. The number of carbonyl (C=O) groups is 2. The van der Waals surface area contributed by atoms with Crippen molar-refractivity contribution in [1.82, 2.24) is 10.6 Å². The Morgan fingerprint density at radius 3 is 2.40 bits per heavy atom. The van der Waals surface area contributed by atoms with Gasteiger partial charge >= 0.3 is 6.03 Å². The molecule has 0 saturated carbocycles. The number of nitrogens with two attached hydrogens (primary N) is 1. The summed E-state index contributed by atoms with van der Waals surface area (Å²) in [7, 11) is 0. The van der Waals surface area contributed by atoms with Crippen molar-refractivity contribution in [3.63, 3.8) is 0 Å². The fourth-order valence-corrected chi connectivity index (χ4v) is 2.32. The maximum atomic E-state index is 12.0. The topological polar surface area (TPSA) is 96.2 Å². The quantitative estimate of drug-likeness (QED) is 0.571. The largest absolute Gasteiger partial charge is 0.352 e. The molecular formula is C18H21ClN4O2. The van der Waals surface area contributed by atoms with Gasteiger partial charge in [-0.3, -0.25) is 4.79 Å². The molecule has 25 heavy (non-hydrogen) atoms. The SMILES string of the molecule is NCc1ccc(C(=O)NCCCNC(=O)Nc2cccc(Cl)c2)cc1. The Balaban J connectivity index is 1.63. The van der Waals surface area contributed by atoms with E-state index >= 15 is 0 Å². The predicted molar refractivity (Wildman–Crippen MR) is 99.8 cm³/mol. The number of amides is 3. The van der Waals surface area contributed by atoms with Crippen molar-refractivity contribution in [3.8, 4) is 0 Å². The number of nitrogens with one attached hydrogen (secondary N) is 3. The molecule has 2 rings (SSSR count). The lowest BCUT2D eigenvalue weighted by molar-refractivity contribution is 0.0953. The van der Waals surface area contributed by atoms with Gasteiger partial charge in [0.25, 0.3) is 5.91 Å². The predicted octanol–water partition coefficient (Wildman–Crippen LogP) is 2.74. The van der Waals surface area contributed by atoms with Gasteiger partial charge in [0.1, 0.15) is 0 Å². The van der Waals surface area contributed by atoms with E-state index < -0.39 is 0 Å². The minimum atomic E-state index is -0.314. The summed E-state index contributed by atoms with van der Waals surface area (Å²) in [4.78, 5) is 23.7. The first kappa shape index (κ1) is 18.8. The summed E-state index contributed by atoms with van der Waals surface area (Å²) in [6.45, 7) is 1.36. The number of rotatable bonds is 7. The van der Waals surface area contributed by atoms with Gasteiger partial charge in [0.2, 0.25) is 0 Å². The Labute approximate surface area is 151 Å². The molecule has 3 amide bonds. The molecule has 5 N–H and O–H groups in total. The minimum Gasteiger partial charge on any atom is -0.352 e. The molecule has 0 fully saturated rings. The molecule has 7 heteroatoms. The van der Waals surface area contributed by atoms with Gasteiger partial charge in [-0.2, -0.15) is 0 Å². The first-order chi connectivity index (χ1) is 12.1. The number of carbonyl (C=O) groups excluding carboxylic acids is 2. The van der Waals surface area contributed by atoms with Crippen molar-refractivity contribution < 1.29 is 9.59 Å². The second-order valence-corrected chi connectivity index (χ2v) is 5.84. The highest BCUT2D eigenvalue weighted by Gasteiger charge is 2.05. The molecule has 2 aromatic rings. The van der Waals surface area contributed by atoms with Gasteiger partial charge in [-0.25, -0.2) is 4.79 Å². The van der Waals surface area contributed by atoms with E-state index in [1.54, 1.807) is 36.4 Å². The summed E-state index contributed by atoms with van der Waals surface area (Å²) < 4.78 is 0. The van der Waals surface area contributed by atoms with E-state index in [0.717, 1.165) is 5.56 Å². The lowest BCUT2D eigenvalue weighted by Gasteiger charge is -2.09. The van der Waals surface area contributed by atoms with Gasteiger partial charge in [0.05, 0.1) is 0 Å². The van der Waals surface area contributed by atoms with Crippen molar-refractivity contribution in [3.05, 3.63) is 64.7 Å². The fraction of sp³-hybridized carbons (Fsp3) is 0.222.